The minimum atomic E-state index is -0.405. The van der Waals surface area contributed by atoms with E-state index in [0.717, 1.165) is 13.1 Å². The predicted octanol–water partition coefficient (Wildman–Crippen LogP) is 1.59. The fourth-order valence-corrected chi connectivity index (χ4v) is 2.91. The number of likely N-dealkylation sites (N-methyl/N-ethyl adjacent to an activating group) is 1. The molecule has 0 unspecified atom stereocenters. The lowest BCUT2D eigenvalue weighted by atomic mass is 10.0. The normalized spacial score (nSPS) is 21.2. The van der Waals surface area contributed by atoms with Gasteiger partial charge in [-0.2, -0.15) is 0 Å². The summed E-state index contributed by atoms with van der Waals surface area (Å²) in [6.07, 6.45) is 1.99. The molecule has 0 saturated carbocycles. The zero-order valence-electron chi connectivity index (χ0n) is 12.5. The molecular weight excluding hydrogens is 252 g/mol. The minimum absolute atomic E-state index is 0.402. The molecule has 1 aromatic carbocycles. The third kappa shape index (κ3) is 4.20. The number of rotatable bonds is 6. The molecule has 0 aliphatic carbocycles. The summed E-state index contributed by atoms with van der Waals surface area (Å²) in [5.74, 6) is 0. The monoisotopic (exact) mass is 278 g/mol. The Labute approximate surface area is 122 Å². The van der Waals surface area contributed by atoms with E-state index in [4.69, 9.17) is 4.74 Å². The summed E-state index contributed by atoms with van der Waals surface area (Å²) in [5.41, 5.74) is 1.29. The summed E-state index contributed by atoms with van der Waals surface area (Å²) < 4.78 is 5.00. The van der Waals surface area contributed by atoms with E-state index in [-0.39, 0.29) is 0 Å². The quantitative estimate of drug-likeness (QED) is 0.857. The number of aliphatic hydroxyl groups excluding tert-OH is 1. The third-order valence-electron chi connectivity index (χ3n) is 4.00. The van der Waals surface area contributed by atoms with Crippen LogP contribution in [0.25, 0.3) is 0 Å². The van der Waals surface area contributed by atoms with E-state index in [1.165, 1.54) is 18.5 Å². The van der Waals surface area contributed by atoms with Crippen molar-refractivity contribution in [2.75, 3.05) is 45.3 Å². The number of para-hydroxylation sites is 1. The SMILES string of the molecule is COC[C@H](O)CN(C)[C@H]1CCCN(c2ccccc2)C1. The Balaban J connectivity index is 1.90. The Kier molecular flexibility index (Phi) is 5.83. The Morgan fingerprint density at radius 3 is 2.85 bits per heavy atom. The first-order chi connectivity index (χ1) is 9.70. The minimum Gasteiger partial charge on any atom is -0.389 e. The summed E-state index contributed by atoms with van der Waals surface area (Å²) in [7, 11) is 3.72. The van der Waals surface area contributed by atoms with Crippen LogP contribution in [0.4, 0.5) is 5.69 Å². The van der Waals surface area contributed by atoms with Gasteiger partial charge in [-0.3, -0.25) is 4.90 Å². The van der Waals surface area contributed by atoms with Crippen molar-refractivity contribution in [1.29, 1.82) is 0 Å². The highest BCUT2D eigenvalue weighted by Crippen LogP contribution is 2.21. The number of nitrogens with zero attached hydrogens (tertiary/aromatic N) is 2. The van der Waals surface area contributed by atoms with Crippen LogP contribution < -0.4 is 4.90 Å². The Hall–Kier alpha value is -1.10. The summed E-state index contributed by atoms with van der Waals surface area (Å²) in [4.78, 5) is 4.70. The van der Waals surface area contributed by atoms with Crippen LogP contribution in [0.1, 0.15) is 12.8 Å². The van der Waals surface area contributed by atoms with Gasteiger partial charge < -0.3 is 14.7 Å². The summed E-state index contributed by atoms with van der Waals surface area (Å²) in [6.45, 7) is 3.22. The molecular formula is C16H26N2O2. The van der Waals surface area contributed by atoms with Crippen LogP contribution in [0, 0.1) is 0 Å². The van der Waals surface area contributed by atoms with Crippen LogP contribution in [-0.2, 0) is 4.74 Å². The molecule has 4 heteroatoms. The molecule has 1 fully saturated rings. The number of anilines is 1. The fourth-order valence-electron chi connectivity index (χ4n) is 2.91. The molecule has 1 aliphatic rings. The summed E-state index contributed by atoms with van der Waals surface area (Å²) in [5, 5.41) is 9.85. The lowest BCUT2D eigenvalue weighted by Crippen LogP contribution is -2.49. The van der Waals surface area contributed by atoms with E-state index >= 15 is 0 Å². The zero-order valence-corrected chi connectivity index (χ0v) is 12.5. The number of ether oxygens (including phenoxy) is 1. The van der Waals surface area contributed by atoms with E-state index in [1.807, 2.05) is 0 Å². The summed E-state index contributed by atoms with van der Waals surface area (Å²) >= 11 is 0. The standard InChI is InChI=1S/C16H26N2O2/c1-17(12-16(19)13-20-2)15-9-6-10-18(11-15)14-7-4-3-5-8-14/h3-5,7-8,15-16,19H,6,9-13H2,1-2H3/t15-,16+/m0/s1. The molecule has 1 aliphatic heterocycles. The Morgan fingerprint density at radius 1 is 1.40 bits per heavy atom. The maximum atomic E-state index is 9.85. The highest BCUT2D eigenvalue weighted by molar-refractivity contribution is 5.46. The molecule has 1 N–H and O–H groups in total. The molecule has 0 spiro atoms. The highest BCUT2D eigenvalue weighted by atomic mass is 16.5. The van der Waals surface area contributed by atoms with Crippen molar-refractivity contribution in [3.63, 3.8) is 0 Å². The van der Waals surface area contributed by atoms with E-state index in [2.05, 4.69) is 47.2 Å². The molecule has 0 aromatic heterocycles. The van der Waals surface area contributed by atoms with Gasteiger partial charge in [0.05, 0.1) is 12.7 Å². The van der Waals surface area contributed by atoms with Crippen molar-refractivity contribution >= 4 is 5.69 Å². The van der Waals surface area contributed by atoms with Crippen molar-refractivity contribution < 1.29 is 9.84 Å². The second-order valence-corrected chi connectivity index (χ2v) is 5.63. The topological polar surface area (TPSA) is 35.9 Å². The molecule has 4 nitrogen and oxygen atoms in total. The van der Waals surface area contributed by atoms with Gasteiger partial charge in [0, 0.05) is 38.5 Å². The van der Waals surface area contributed by atoms with Crippen molar-refractivity contribution in [2.45, 2.75) is 25.0 Å². The van der Waals surface area contributed by atoms with Crippen molar-refractivity contribution in [2.24, 2.45) is 0 Å². The van der Waals surface area contributed by atoms with Crippen molar-refractivity contribution in [3.8, 4) is 0 Å². The molecule has 112 valence electrons. The van der Waals surface area contributed by atoms with Gasteiger partial charge in [0.15, 0.2) is 0 Å². The molecule has 2 rings (SSSR count). The van der Waals surface area contributed by atoms with Gasteiger partial charge in [-0.25, -0.2) is 0 Å². The van der Waals surface area contributed by atoms with Crippen LogP contribution in [0.15, 0.2) is 30.3 Å². The first kappa shape index (κ1) is 15.3. The van der Waals surface area contributed by atoms with E-state index in [1.54, 1.807) is 7.11 Å². The molecule has 20 heavy (non-hydrogen) atoms. The second-order valence-electron chi connectivity index (χ2n) is 5.63. The maximum Gasteiger partial charge on any atom is 0.0900 e. The smallest absolute Gasteiger partial charge is 0.0900 e. The van der Waals surface area contributed by atoms with Crippen LogP contribution in [0.2, 0.25) is 0 Å². The molecule has 0 radical (unpaired) electrons. The van der Waals surface area contributed by atoms with E-state index < -0.39 is 6.10 Å². The predicted molar refractivity (Wildman–Crippen MR) is 82.2 cm³/mol. The average molecular weight is 278 g/mol. The number of aliphatic hydroxyl groups is 1. The van der Waals surface area contributed by atoms with Gasteiger partial charge in [0.1, 0.15) is 0 Å². The Bertz CT molecular complexity index is 385. The van der Waals surface area contributed by atoms with Gasteiger partial charge in [-0.05, 0) is 32.0 Å². The largest absolute Gasteiger partial charge is 0.389 e. The third-order valence-corrected chi connectivity index (χ3v) is 4.00. The lowest BCUT2D eigenvalue weighted by molar-refractivity contribution is 0.0326. The van der Waals surface area contributed by atoms with Crippen LogP contribution in [-0.4, -0.2) is 62.6 Å². The van der Waals surface area contributed by atoms with Crippen molar-refractivity contribution in [1.82, 2.24) is 4.90 Å². The number of hydrogen-bond donors (Lipinski definition) is 1. The molecule has 0 amide bonds. The van der Waals surface area contributed by atoms with Crippen LogP contribution in [0.5, 0.6) is 0 Å². The number of piperidine rings is 1. The number of methoxy groups -OCH3 is 1. The molecule has 2 atom stereocenters. The van der Waals surface area contributed by atoms with E-state index in [9.17, 15) is 5.11 Å². The number of benzene rings is 1. The van der Waals surface area contributed by atoms with Gasteiger partial charge in [0.25, 0.3) is 0 Å². The number of hydrogen-bond acceptors (Lipinski definition) is 4. The molecule has 1 saturated heterocycles. The van der Waals surface area contributed by atoms with Crippen molar-refractivity contribution in [3.05, 3.63) is 30.3 Å². The average Bonchev–Trinajstić information content (AvgIpc) is 2.48. The maximum absolute atomic E-state index is 9.85. The lowest BCUT2D eigenvalue weighted by Gasteiger charge is -2.39. The van der Waals surface area contributed by atoms with Crippen LogP contribution in [0.3, 0.4) is 0 Å². The van der Waals surface area contributed by atoms with Gasteiger partial charge >= 0.3 is 0 Å². The summed E-state index contributed by atoms with van der Waals surface area (Å²) in [6, 6.07) is 11.1. The second kappa shape index (κ2) is 7.62. The van der Waals surface area contributed by atoms with Gasteiger partial charge in [-0.1, -0.05) is 18.2 Å². The van der Waals surface area contributed by atoms with E-state index in [0.29, 0.717) is 19.2 Å². The fraction of sp³-hybridized carbons (Fsp3) is 0.625. The first-order valence-electron chi connectivity index (χ1n) is 7.38. The van der Waals surface area contributed by atoms with Gasteiger partial charge in [-0.15, -0.1) is 0 Å². The Morgan fingerprint density at radius 2 is 2.15 bits per heavy atom. The van der Waals surface area contributed by atoms with Gasteiger partial charge in [0.2, 0.25) is 0 Å². The van der Waals surface area contributed by atoms with Crippen LogP contribution >= 0.6 is 0 Å². The highest BCUT2D eigenvalue weighted by Gasteiger charge is 2.24. The zero-order chi connectivity index (χ0) is 14.4. The molecule has 0 bridgehead atoms. The first-order valence-corrected chi connectivity index (χ1v) is 7.38. The molecule has 1 heterocycles. The molecule has 1 aromatic rings.